The third-order valence-electron chi connectivity index (χ3n) is 1.56. The van der Waals surface area contributed by atoms with Gasteiger partial charge in [-0.2, -0.15) is 0 Å². The molecule has 3 heteroatoms. The minimum atomic E-state index is 0.793. The molecule has 0 saturated heterocycles. The summed E-state index contributed by atoms with van der Waals surface area (Å²) in [7, 11) is 1.64. The number of methoxy groups -OCH3 is 1. The van der Waals surface area contributed by atoms with Crippen molar-refractivity contribution < 1.29 is 4.74 Å². The van der Waals surface area contributed by atoms with Crippen LogP contribution in [0.2, 0.25) is 0 Å². The largest absolute Gasteiger partial charge is 0.495 e. The summed E-state index contributed by atoms with van der Waals surface area (Å²) in [6.45, 7) is 0. The molecule has 0 aromatic carbocycles. The molecule has 0 aliphatic heterocycles. The number of hydrogen-bond acceptors (Lipinski definition) is 2. The van der Waals surface area contributed by atoms with Crippen molar-refractivity contribution in [2.24, 2.45) is 0 Å². The Morgan fingerprint density at radius 1 is 1.54 bits per heavy atom. The third kappa shape index (κ3) is 3.59. The van der Waals surface area contributed by atoms with Crippen molar-refractivity contribution in [3.05, 3.63) is 30.1 Å². The second kappa shape index (κ2) is 5.75. The van der Waals surface area contributed by atoms with E-state index in [0.717, 1.165) is 23.1 Å². The molecule has 0 N–H and O–H groups in total. The van der Waals surface area contributed by atoms with Crippen LogP contribution in [-0.2, 0) is 0 Å². The summed E-state index contributed by atoms with van der Waals surface area (Å²) in [5.74, 6) is 0.793. The maximum absolute atomic E-state index is 5.06. The summed E-state index contributed by atoms with van der Waals surface area (Å²) in [5, 5.41) is 0.987. The van der Waals surface area contributed by atoms with Gasteiger partial charge in [0.05, 0.1) is 13.3 Å². The van der Waals surface area contributed by atoms with E-state index >= 15 is 0 Å². The zero-order chi connectivity index (χ0) is 9.52. The molecule has 2 nitrogen and oxygen atoms in total. The topological polar surface area (TPSA) is 22.1 Å². The molecule has 0 atom stereocenters. The maximum Gasteiger partial charge on any atom is 0.137 e. The van der Waals surface area contributed by atoms with Gasteiger partial charge in [0, 0.05) is 11.5 Å². The van der Waals surface area contributed by atoms with Crippen LogP contribution in [0, 0.1) is 0 Å². The van der Waals surface area contributed by atoms with E-state index in [9.17, 15) is 0 Å². The minimum Gasteiger partial charge on any atom is -0.495 e. The van der Waals surface area contributed by atoms with E-state index < -0.39 is 0 Å². The number of alkyl halides is 1. The molecule has 1 aromatic rings. The smallest absolute Gasteiger partial charge is 0.137 e. The van der Waals surface area contributed by atoms with Crippen LogP contribution in [0.25, 0.3) is 6.08 Å². The molecule has 0 bridgehead atoms. The Kier molecular flexibility index (Phi) is 4.54. The van der Waals surface area contributed by atoms with Crippen LogP contribution in [0.4, 0.5) is 0 Å². The molecule has 0 spiro atoms. The number of rotatable bonds is 4. The van der Waals surface area contributed by atoms with Gasteiger partial charge in [-0.15, -0.1) is 0 Å². The van der Waals surface area contributed by atoms with Gasteiger partial charge < -0.3 is 4.74 Å². The second-order valence-electron chi connectivity index (χ2n) is 2.54. The third-order valence-corrected chi connectivity index (χ3v) is 2.01. The highest BCUT2D eigenvalue weighted by Crippen LogP contribution is 2.11. The number of nitrogens with zero attached hydrogens (tertiary/aromatic N) is 1. The van der Waals surface area contributed by atoms with E-state index in [-0.39, 0.29) is 0 Å². The molecule has 1 aromatic heterocycles. The molecule has 0 unspecified atom stereocenters. The van der Waals surface area contributed by atoms with Gasteiger partial charge in [0.2, 0.25) is 0 Å². The van der Waals surface area contributed by atoms with Crippen LogP contribution in [0.15, 0.2) is 24.5 Å². The lowest BCUT2D eigenvalue weighted by atomic mass is 10.2. The molecule has 0 amide bonds. The Hall–Kier alpha value is -0.830. The van der Waals surface area contributed by atoms with E-state index in [4.69, 9.17) is 4.74 Å². The highest BCUT2D eigenvalue weighted by molar-refractivity contribution is 9.09. The first-order chi connectivity index (χ1) is 6.36. The minimum absolute atomic E-state index is 0.793. The van der Waals surface area contributed by atoms with E-state index in [1.165, 1.54) is 0 Å². The maximum atomic E-state index is 5.06. The number of halogens is 1. The van der Waals surface area contributed by atoms with Crippen LogP contribution >= 0.6 is 15.9 Å². The molecule has 0 saturated carbocycles. The monoisotopic (exact) mass is 241 g/mol. The van der Waals surface area contributed by atoms with Gasteiger partial charge in [-0.25, -0.2) is 0 Å². The number of pyridine rings is 1. The van der Waals surface area contributed by atoms with Crippen molar-refractivity contribution in [2.75, 3.05) is 12.4 Å². The molecule has 0 aliphatic carbocycles. The average molecular weight is 242 g/mol. The van der Waals surface area contributed by atoms with Gasteiger partial charge in [0.25, 0.3) is 0 Å². The predicted octanol–water partition coefficient (Wildman–Crippen LogP) is 2.89. The van der Waals surface area contributed by atoms with Gasteiger partial charge in [-0.1, -0.05) is 28.1 Å². The summed E-state index contributed by atoms with van der Waals surface area (Å²) in [5.41, 5.74) is 1.07. The van der Waals surface area contributed by atoms with Crippen molar-refractivity contribution in [2.45, 2.75) is 6.42 Å². The fourth-order valence-corrected chi connectivity index (χ4v) is 1.19. The molecule has 70 valence electrons. The fraction of sp³-hybridized carbons (Fsp3) is 0.300. The van der Waals surface area contributed by atoms with Crippen molar-refractivity contribution in [1.29, 1.82) is 0 Å². The second-order valence-corrected chi connectivity index (χ2v) is 3.33. The summed E-state index contributed by atoms with van der Waals surface area (Å²) in [6.07, 6.45) is 8.67. The van der Waals surface area contributed by atoms with Gasteiger partial charge in [0.15, 0.2) is 0 Å². The van der Waals surface area contributed by atoms with Crippen LogP contribution in [0.1, 0.15) is 12.0 Å². The first-order valence-electron chi connectivity index (χ1n) is 4.08. The molecule has 0 radical (unpaired) electrons. The Labute approximate surface area is 86.8 Å². The SMILES string of the molecule is COc1cncc(C=CCCBr)c1. The van der Waals surface area contributed by atoms with Crippen molar-refractivity contribution in [3.63, 3.8) is 0 Å². The van der Waals surface area contributed by atoms with E-state index in [2.05, 4.69) is 27.0 Å². The van der Waals surface area contributed by atoms with Crippen molar-refractivity contribution in [1.82, 2.24) is 4.98 Å². The van der Waals surface area contributed by atoms with Crippen LogP contribution in [0.5, 0.6) is 5.75 Å². The molecule has 13 heavy (non-hydrogen) atoms. The zero-order valence-electron chi connectivity index (χ0n) is 7.53. The van der Waals surface area contributed by atoms with Gasteiger partial charge in [-0.3, -0.25) is 4.98 Å². The average Bonchev–Trinajstić information content (AvgIpc) is 2.19. The molecule has 0 fully saturated rings. The zero-order valence-corrected chi connectivity index (χ0v) is 9.12. The fourth-order valence-electron chi connectivity index (χ4n) is 0.921. The predicted molar refractivity (Wildman–Crippen MR) is 58.2 cm³/mol. The molecule has 1 heterocycles. The van der Waals surface area contributed by atoms with Crippen molar-refractivity contribution in [3.8, 4) is 5.75 Å². The summed E-state index contributed by atoms with van der Waals surface area (Å²) >= 11 is 3.36. The van der Waals surface area contributed by atoms with Crippen LogP contribution in [0.3, 0.4) is 0 Å². The Morgan fingerprint density at radius 3 is 3.08 bits per heavy atom. The van der Waals surface area contributed by atoms with Gasteiger partial charge in [-0.05, 0) is 18.1 Å². The molecule has 1 rings (SSSR count). The Bertz CT molecular complexity index is 286. The first-order valence-corrected chi connectivity index (χ1v) is 5.20. The lowest BCUT2D eigenvalue weighted by molar-refractivity contribution is 0.413. The van der Waals surface area contributed by atoms with E-state index in [0.29, 0.717) is 0 Å². The summed E-state index contributed by atoms with van der Waals surface area (Å²) < 4.78 is 5.06. The van der Waals surface area contributed by atoms with Gasteiger partial charge >= 0.3 is 0 Å². The highest BCUT2D eigenvalue weighted by Gasteiger charge is 1.91. The number of allylic oxidation sites excluding steroid dienone is 1. The van der Waals surface area contributed by atoms with Crippen LogP contribution < -0.4 is 4.74 Å². The Balaban J connectivity index is 2.66. The molecular weight excluding hydrogens is 230 g/mol. The van der Waals surface area contributed by atoms with Crippen LogP contribution in [-0.4, -0.2) is 17.4 Å². The van der Waals surface area contributed by atoms with E-state index in [1.54, 1.807) is 13.3 Å². The quantitative estimate of drug-likeness (QED) is 0.757. The number of hydrogen-bond donors (Lipinski definition) is 0. The number of aromatic nitrogens is 1. The summed E-state index contributed by atoms with van der Waals surface area (Å²) in [4.78, 5) is 4.05. The normalized spacial score (nSPS) is 10.6. The Morgan fingerprint density at radius 2 is 2.38 bits per heavy atom. The standard InChI is InChI=1S/C10H12BrNO/c1-13-10-6-9(7-12-8-10)4-2-3-5-11/h2,4,6-8H,3,5H2,1H3. The first kappa shape index (κ1) is 10.3. The lowest BCUT2D eigenvalue weighted by Gasteiger charge is -1.98. The lowest BCUT2D eigenvalue weighted by Crippen LogP contribution is -1.84. The van der Waals surface area contributed by atoms with Gasteiger partial charge in [0.1, 0.15) is 5.75 Å². The number of ether oxygens (including phenoxy) is 1. The molecular formula is C10H12BrNO. The highest BCUT2D eigenvalue weighted by atomic mass is 79.9. The van der Waals surface area contributed by atoms with Crippen molar-refractivity contribution >= 4 is 22.0 Å². The summed E-state index contributed by atoms with van der Waals surface area (Å²) in [6, 6.07) is 1.96. The van der Waals surface area contributed by atoms with E-state index in [1.807, 2.05) is 18.3 Å². The molecule has 0 aliphatic rings.